The van der Waals surface area contributed by atoms with Gasteiger partial charge in [0.1, 0.15) is 5.82 Å². The Morgan fingerprint density at radius 1 is 1.15 bits per heavy atom. The number of amides is 1. The summed E-state index contributed by atoms with van der Waals surface area (Å²) < 4.78 is 14.6. The smallest absolute Gasteiger partial charge is 0.273 e. The third-order valence-electron chi connectivity index (χ3n) is 4.09. The number of nitrogens with zero attached hydrogens (tertiary/aromatic N) is 3. The van der Waals surface area contributed by atoms with Gasteiger partial charge in [0.15, 0.2) is 5.69 Å². The van der Waals surface area contributed by atoms with Crippen LogP contribution in [0.4, 0.5) is 4.39 Å². The number of hydrogen-bond acceptors (Lipinski definition) is 3. The molecule has 0 bridgehead atoms. The monoisotopic (exact) mass is 406 g/mol. The lowest BCUT2D eigenvalue weighted by molar-refractivity contribution is 0.0947. The summed E-state index contributed by atoms with van der Waals surface area (Å²) >= 11 is 11.9. The zero-order valence-electron chi connectivity index (χ0n) is 14.5. The number of benzene rings is 2. The zero-order chi connectivity index (χ0) is 19.4. The van der Waals surface area contributed by atoms with Gasteiger partial charge in [-0.3, -0.25) is 4.79 Å². The fourth-order valence-electron chi connectivity index (χ4n) is 2.64. The van der Waals surface area contributed by atoms with E-state index in [-0.39, 0.29) is 17.4 Å². The highest BCUT2D eigenvalue weighted by atomic mass is 35.5. The lowest BCUT2D eigenvalue weighted by Gasteiger charge is -2.06. The molecule has 0 fully saturated rings. The fourth-order valence-corrected chi connectivity index (χ4v) is 2.96. The van der Waals surface area contributed by atoms with Crippen LogP contribution < -0.4 is 5.32 Å². The van der Waals surface area contributed by atoms with Gasteiger partial charge in [-0.05, 0) is 61.7 Å². The van der Waals surface area contributed by atoms with Crippen LogP contribution in [-0.2, 0) is 6.42 Å². The molecule has 1 heterocycles. The Morgan fingerprint density at radius 2 is 1.89 bits per heavy atom. The van der Waals surface area contributed by atoms with E-state index in [2.05, 4.69) is 15.6 Å². The van der Waals surface area contributed by atoms with Crippen molar-refractivity contribution in [3.05, 3.63) is 75.3 Å². The summed E-state index contributed by atoms with van der Waals surface area (Å²) in [5.41, 5.74) is 2.52. The molecule has 0 aliphatic heterocycles. The molecule has 1 N–H and O–H groups in total. The van der Waals surface area contributed by atoms with Crippen molar-refractivity contribution in [3.63, 3.8) is 0 Å². The summed E-state index contributed by atoms with van der Waals surface area (Å²) in [6, 6.07) is 11.3. The molecule has 3 aromatic rings. The van der Waals surface area contributed by atoms with E-state index in [0.717, 1.165) is 18.4 Å². The molecule has 1 amide bonds. The van der Waals surface area contributed by atoms with Gasteiger partial charge in [0.05, 0.1) is 21.4 Å². The minimum absolute atomic E-state index is 0.244. The van der Waals surface area contributed by atoms with Gasteiger partial charge in [-0.25, -0.2) is 9.07 Å². The largest absolute Gasteiger partial charge is 0.351 e. The maximum absolute atomic E-state index is 13.1. The van der Waals surface area contributed by atoms with Crippen molar-refractivity contribution in [3.8, 4) is 5.69 Å². The molecule has 140 valence electrons. The van der Waals surface area contributed by atoms with Gasteiger partial charge in [0.2, 0.25) is 0 Å². The molecular weight excluding hydrogens is 390 g/mol. The Bertz CT molecular complexity index is 957. The predicted molar refractivity (Wildman–Crippen MR) is 103 cm³/mol. The van der Waals surface area contributed by atoms with Crippen LogP contribution in [0, 0.1) is 12.7 Å². The molecule has 0 atom stereocenters. The van der Waals surface area contributed by atoms with Crippen LogP contribution in [-0.4, -0.2) is 27.4 Å². The topological polar surface area (TPSA) is 59.8 Å². The maximum atomic E-state index is 13.1. The minimum Gasteiger partial charge on any atom is -0.351 e. The molecule has 27 heavy (non-hydrogen) atoms. The van der Waals surface area contributed by atoms with E-state index in [9.17, 15) is 9.18 Å². The van der Waals surface area contributed by atoms with Crippen molar-refractivity contribution in [2.45, 2.75) is 19.8 Å². The second kappa shape index (κ2) is 8.50. The van der Waals surface area contributed by atoms with Gasteiger partial charge in [0.25, 0.3) is 5.91 Å². The van der Waals surface area contributed by atoms with Gasteiger partial charge in [0, 0.05) is 6.54 Å². The number of nitrogens with one attached hydrogen (secondary N) is 1. The Kier molecular flexibility index (Phi) is 6.08. The van der Waals surface area contributed by atoms with Gasteiger partial charge >= 0.3 is 0 Å². The van der Waals surface area contributed by atoms with Gasteiger partial charge in [-0.15, -0.1) is 5.10 Å². The van der Waals surface area contributed by atoms with E-state index in [4.69, 9.17) is 23.2 Å². The first-order valence-electron chi connectivity index (χ1n) is 8.36. The first-order valence-corrected chi connectivity index (χ1v) is 9.11. The average molecular weight is 407 g/mol. The summed E-state index contributed by atoms with van der Waals surface area (Å²) in [7, 11) is 0. The van der Waals surface area contributed by atoms with Gasteiger partial charge in [-0.1, -0.05) is 34.5 Å². The predicted octanol–water partition coefficient (Wildman–Crippen LogP) is 4.38. The third kappa shape index (κ3) is 4.64. The van der Waals surface area contributed by atoms with Crippen LogP contribution in [0.1, 0.15) is 28.2 Å². The van der Waals surface area contributed by atoms with Crippen LogP contribution in [0.5, 0.6) is 0 Å². The van der Waals surface area contributed by atoms with Crippen molar-refractivity contribution in [1.82, 2.24) is 20.3 Å². The molecule has 3 rings (SSSR count). The normalized spacial score (nSPS) is 10.8. The zero-order valence-corrected chi connectivity index (χ0v) is 16.1. The number of rotatable bonds is 6. The second-order valence-corrected chi connectivity index (χ2v) is 6.83. The van der Waals surface area contributed by atoms with Crippen molar-refractivity contribution in [2.24, 2.45) is 0 Å². The lowest BCUT2D eigenvalue weighted by Crippen LogP contribution is -2.26. The first-order chi connectivity index (χ1) is 13.0. The molecule has 0 aliphatic carbocycles. The summed E-state index contributed by atoms with van der Waals surface area (Å²) in [5.74, 6) is -0.633. The fraction of sp³-hybridized carbons (Fsp3) is 0.211. The van der Waals surface area contributed by atoms with E-state index in [0.29, 0.717) is 28.0 Å². The molecule has 0 unspecified atom stereocenters. The Balaban J connectivity index is 1.57. The number of aromatic nitrogens is 3. The Morgan fingerprint density at radius 3 is 2.59 bits per heavy atom. The van der Waals surface area contributed by atoms with Crippen LogP contribution in [0.15, 0.2) is 42.5 Å². The number of carbonyl (C=O) groups is 1. The first kappa shape index (κ1) is 19.3. The number of aryl methyl sites for hydroxylation is 1. The molecule has 0 radical (unpaired) electrons. The summed E-state index contributed by atoms with van der Waals surface area (Å²) in [6.45, 7) is 2.23. The molecule has 1 aromatic heterocycles. The summed E-state index contributed by atoms with van der Waals surface area (Å²) in [6.07, 6.45) is 1.51. The Labute approximate surface area is 166 Å². The Hall–Kier alpha value is -2.44. The molecule has 5 nitrogen and oxygen atoms in total. The average Bonchev–Trinajstić information content (AvgIpc) is 3.04. The van der Waals surface area contributed by atoms with Crippen molar-refractivity contribution in [1.29, 1.82) is 0 Å². The second-order valence-electron chi connectivity index (χ2n) is 6.02. The molecule has 0 saturated heterocycles. The number of halogens is 3. The van der Waals surface area contributed by atoms with Crippen LogP contribution in [0.25, 0.3) is 5.69 Å². The summed E-state index contributed by atoms with van der Waals surface area (Å²) in [5, 5.41) is 11.8. The summed E-state index contributed by atoms with van der Waals surface area (Å²) in [4.78, 5) is 12.3. The van der Waals surface area contributed by atoms with E-state index >= 15 is 0 Å². The molecule has 2 aromatic carbocycles. The van der Waals surface area contributed by atoms with Crippen LogP contribution >= 0.6 is 23.2 Å². The van der Waals surface area contributed by atoms with E-state index in [1.807, 2.05) is 12.1 Å². The highest BCUT2D eigenvalue weighted by Gasteiger charge is 2.17. The van der Waals surface area contributed by atoms with Gasteiger partial charge in [-0.2, -0.15) is 0 Å². The minimum atomic E-state index is -0.337. The van der Waals surface area contributed by atoms with E-state index in [1.54, 1.807) is 25.1 Å². The number of hydrogen-bond donors (Lipinski definition) is 1. The van der Waals surface area contributed by atoms with Crippen molar-refractivity contribution in [2.75, 3.05) is 6.54 Å². The molecule has 0 saturated carbocycles. The van der Waals surface area contributed by atoms with Crippen LogP contribution in [0.2, 0.25) is 10.0 Å². The highest BCUT2D eigenvalue weighted by molar-refractivity contribution is 6.42. The maximum Gasteiger partial charge on any atom is 0.273 e. The van der Waals surface area contributed by atoms with Gasteiger partial charge < -0.3 is 5.32 Å². The SMILES string of the molecule is Cc1c(C(=O)NCCCc2ccc(Cl)c(Cl)c2)nnn1-c1ccc(F)cc1. The van der Waals surface area contributed by atoms with Crippen molar-refractivity contribution < 1.29 is 9.18 Å². The van der Waals surface area contributed by atoms with E-state index < -0.39 is 0 Å². The standard InChI is InChI=1S/C19H17Cl2FN4O/c1-12-18(24-25-26(12)15-7-5-14(22)6-8-15)19(27)23-10-2-3-13-4-9-16(20)17(21)11-13/h4-9,11H,2-3,10H2,1H3,(H,23,27). The lowest BCUT2D eigenvalue weighted by atomic mass is 10.1. The number of carbonyl (C=O) groups excluding carboxylic acids is 1. The molecular formula is C19H17Cl2FN4O. The van der Waals surface area contributed by atoms with E-state index in [1.165, 1.54) is 16.8 Å². The highest BCUT2D eigenvalue weighted by Crippen LogP contribution is 2.23. The molecule has 0 aliphatic rings. The van der Waals surface area contributed by atoms with Crippen molar-refractivity contribution >= 4 is 29.1 Å². The third-order valence-corrected chi connectivity index (χ3v) is 4.83. The molecule has 8 heteroatoms. The molecule has 0 spiro atoms. The van der Waals surface area contributed by atoms with Crippen LogP contribution in [0.3, 0.4) is 0 Å². The quantitative estimate of drug-likeness (QED) is 0.617.